The first kappa shape index (κ1) is 11.3. The van der Waals surface area contributed by atoms with E-state index in [1.54, 1.807) is 0 Å². The summed E-state index contributed by atoms with van der Waals surface area (Å²) in [6, 6.07) is 2.18. The monoisotopic (exact) mass is 194 g/mol. The number of nitrogens with one attached hydrogen (secondary N) is 1. The number of nitrogens with zero attached hydrogens (tertiary/aromatic N) is 1. The highest BCUT2D eigenvalue weighted by Crippen LogP contribution is 2.19. The minimum absolute atomic E-state index is 0.424. The third-order valence-electron chi connectivity index (χ3n) is 2.31. The molecule has 1 aromatic rings. The molecule has 0 radical (unpaired) electrons. The van der Waals surface area contributed by atoms with Crippen LogP contribution in [0.4, 0.5) is 0 Å². The Labute approximate surface area is 87.3 Å². The summed E-state index contributed by atoms with van der Waals surface area (Å²) in [5.41, 5.74) is 1.79. The standard InChI is InChI=1S/C12H22N2/c1-12(2,3)6-8-14-7-5-11(10-14)9-13-4/h5,7,10,13H,6,8-9H2,1-4H3. The van der Waals surface area contributed by atoms with Gasteiger partial charge in [-0.15, -0.1) is 0 Å². The first-order valence-electron chi connectivity index (χ1n) is 5.30. The maximum Gasteiger partial charge on any atom is 0.0224 e. The lowest BCUT2D eigenvalue weighted by Gasteiger charge is -2.18. The second kappa shape index (κ2) is 4.65. The summed E-state index contributed by atoms with van der Waals surface area (Å²) in [7, 11) is 1.98. The fraction of sp³-hybridized carbons (Fsp3) is 0.667. The molecule has 0 saturated heterocycles. The van der Waals surface area contributed by atoms with Crippen molar-refractivity contribution in [2.45, 2.75) is 40.3 Å². The van der Waals surface area contributed by atoms with Gasteiger partial charge in [0.1, 0.15) is 0 Å². The number of aryl methyl sites for hydroxylation is 1. The lowest BCUT2D eigenvalue weighted by Crippen LogP contribution is -2.09. The third kappa shape index (κ3) is 3.97. The summed E-state index contributed by atoms with van der Waals surface area (Å²) in [4.78, 5) is 0. The Morgan fingerprint density at radius 2 is 2.07 bits per heavy atom. The average Bonchev–Trinajstić information content (AvgIpc) is 2.49. The van der Waals surface area contributed by atoms with Crippen LogP contribution >= 0.6 is 0 Å². The van der Waals surface area contributed by atoms with Crippen molar-refractivity contribution < 1.29 is 0 Å². The quantitative estimate of drug-likeness (QED) is 0.779. The van der Waals surface area contributed by atoms with E-state index in [1.165, 1.54) is 12.0 Å². The molecule has 1 aromatic heterocycles. The van der Waals surface area contributed by atoms with Gasteiger partial charge in [0.2, 0.25) is 0 Å². The van der Waals surface area contributed by atoms with Gasteiger partial charge in [-0.3, -0.25) is 0 Å². The Kier molecular flexibility index (Phi) is 3.76. The molecule has 2 nitrogen and oxygen atoms in total. The molecule has 0 bridgehead atoms. The lowest BCUT2D eigenvalue weighted by atomic mass is 9.92. The molecule has 0 saturated carbocycles. The van der Waals surface area contributed by atoms with Gasteiger partial charge in [-0.25, -0.2) is 0 Å². The van der Waals surface area contributed by atoms with Crippen molar-refractivity contribution in [1.29, 1.82) is 0 Å². The van der Waals surface area contributed by atoms with Crippen molar-refractivity contribution in [2.24, 2.45) is 5.41 Å². The number of rotatable bonds is 4. The van der Waals surface area contributed by atoms with Gasteiger partial charge in [0.15, 0.2) is 0 Å². The molecule has 0 spiro atoms. The van der Waals surface area contributed by atoms with Crippen LogP contribution in [0.1, 0.15) is 32.8 Å². The number of hydrogen-bond donors (Lipinski definition) is 1. The highest BCUT2D eigenvalue weighted by atomic mass is 14.9. The third-order valence-corrected chi connectivity index (χ3v) is 2.31. The van der Waals surface area contributed by atoms with E-state index < -0.39 is 0 Å². The van der Waals surface area contributed by atoms with E-state index >= 15 is 0 Å². The minimum atomic E-state index is 0.424. The first-order chi connectivity index (χ1) is 6.51. The summed E-state index contributed by atoms with van der Waals surface area (Å²) < 4.78 is 2.28. The molecule has 0 atom stereocenters. The molecule has 0 aliphatic carbocycles. The fourth-order valence-corrected chi connectivity index (χ4v) is 1.40. The summed E-state index contributed by atoms with van der Waals surface area (Å²) in [6.07, 6.45) is 5.61. The molecular weight excluding hydrogens is 172 g/mol. The van der Waals surface area contributed by atoms with E-state index in [-0.39, 0.29) is 0 Å². The van der Waals surface area contributed by atoms with Crippen LogP contribution in [-0.4, -0.2) is 11.6 Å². The number of aromatic nitrogens is 1. The van der Waals surface area contributed by atoms with Crippen LogP contribution in [0.2, 0.25) is 0 Å². The van der Waals surface area contributed by atoms with Crippen LogP contribution in [0.15, 0.2) is 18.5 Å². The van der Waals surface area contributed by atoms with Crippen LogP contribution in [0.5, 0.6) is 0 Å². The van der Waals surface area contributed by atoms with Crippen molar-refractivity contribution in [3.63, 3.8) is 0 Å². The van der Waals surface area contributed by atoms with Crippen LogP contribution < -0.4 is 5.32 Å². The molecule has 1 rings (SSSR count). The van der Waals surface area contributed by atoms with Crippen LogP contribution in [0.25, 0.3) is 0 Å². The van der Waals surface area contributed by atoms with Crippen molar-refractivity contribution in [1.82, 2.24) is 9.88 Å². The normalized spacial score (nSPS) is 12.0. The zero-order valence-electron chi connectivity index (χ0n) is 9.80. The number of hydrogen-bond acceptors (Lipinski definition) is 1. The zero-order chi connectivity index (χ0) is 10.6. The first-order valence-corrected chi connectivity index (χ1v) is 5.30. The maximum atomic E-state index is 3.16. The summed E-state index contributed by atoms with van der Waals surface area (Å²) in [6.45, 7) is 8.93. The fourth-order valence-electron chi connectivity index (χ4n) is 1.40. The van der Waals surface area contributed by atoms with Gasteiger partial charge in [-0.05, 0) is 30.5 Å². The molecule has 14 heavy (non-hydrogen) atoms. The molecule has 0 unspecified atom stereocenters. The van der Waals surface area contributed by atoms with Crippen molar-refractivity contribution in [3.8, 4) is 0 Å². The lowest BCUT2D eigenvalue weighted by molar-refractivity contribution is 0.350. The molecule has 1 N–H and O–H groups in total. The average molecular weight is 194 g/mol. The topological polar surface area (TPSA) is 17.0 Å². The van der Waals surface area contributed by atoms with Crippen LogP contribution in [0, 0.1) is 5.41 Å². The molecule has 80 valence electrons. The predicted octanol–water partition coefficient (Wildman–Crippen LogP) is 2.64. The molecule has 0 amide bonds. The van der Waals surface area contributed by atoms with Crippen LogP contribution in [-0.2, 0) is 13.1 Å². The SMILES string of the molecule is CNCc1ccn(CCC(C)(C)C)c1. The highest BCUT2D eigenvalue weighted by Gasteiger charge is 2.09. The van der Waals surface area contributed by atoms with Gasteiger partial charge in [-0.2, -0.15) is 0 Å². The Balaban J connectivity index is 2.44. The summed E-state index contributed by atoms with van der Waals surface area (Å²) in [5, 5.41) is 3.16. The Bertz CT molecular complexity index is 268. The van der Waals surface area contributed by atoms with E-state index in [0.29, 0.717) is 5.41 Å². The summed E-state index contributed by atoms with van der Waals surface area (Å²) in [5.74, 6) is 0. The Hall–Kier alpha value is -0.760. The smallest absolute Gasteiger partial charge is 0.0224 e. The van der Waals surface area contributed by atoms with Gasteiger partial charge in [-0.1, -0.05) is 20.8 Å². The van der Waals surface area contributed by atoms with Crippen molar-refractivity contribution in [2.75, 3.05) is 7.05 Å². The molecule has 2 heteroatoms. The van der Waals surface area contributed by atoms with Crippen LogP contribution in [0.3, 0.4) is 0 Å². The summed E-state index contributed by atoms with van der Waals surface area (Å²) >= 11 is 0. The highest BCUT2D eigenvalue weighted by molar-refractivity contribution is 5.09. The van der Waals surface area contributed by atoms with E-state index in [0.717, 1.165) is 13.1 Å². The Morgan fingerprint density at radius 1 is 1.36 bits per heavy atom. The van der Waals surface area contributed by atoms with E-state index in [2.05, 4.69) is 49.1 Å². The molecule has 0 aliphatic rings. The minimum Gasteiger partial charge on any atom is -0.354 e. The molecule has 0 aromatic carbocycles. The van der Waals surface area contributed by atoms with E-state index in [4.69, 9.17) is 0 Å². The maximum absolute atomic E-state index is 3.16. The van der Waals surface area contributed by atoms with Gasteiger partial charge in [0.25, 0.3) is 0 Å². The second-order valence-electron chi connectivity index (χ2n) is 5.10. The Morgan fingerprint density at radius 3 is 2.64 bits per heavy atom. The molecule has 0 aliphatic heterocycles. The second-order valence-corrected chi connectivity index (χ2v) is 5.10. The van der Waals surface area contributed by atoms with Gasteiger partial charge in [0.05, 0.1) is 0 Å². The van der Waals surface area contributed by atoms with Crippen molar-refractivity contribution in [3.05, 3.63) is 24.0 Å². The van der Waals surface area contributed by atoms with Gasteiger partial charge in [0, 0.05) is 25.5 Å². The van der Waals surface area contributed by atoms with Gasteiger partial charge >= 0.3 is 0 Å². The molecule has 0 fully saturated rings. The van der Waals surface area contributed by atoms with Gasteiger partial charge < -0.3 is 9.88 Å². The van der Waals surface area contributed by atoms with E-state index in [9.17, 15) is 0 Å². The largest absolute Gasteiger partial charge is 0.354 e. The predicted molar refractivity (Wildman–Crippen MR) is 61.3 cm³/mol. The van der Waals surface area contributed by atoms with E-state index in [1.807, 2.05) is 7.05 Å². The zero-order valence-corrected chi connectivity index (χ0v) is 9.80. The van der Waals surface area contributed by atoms with Crippen molar-refractivity contribution >= 4 is 0 Å². The molecular formula is C12H22N2. The molecule has 1 heterocycles.